The molecule has 3 nitrogen and oxygen atoms in total. The quantitative estimate of drug-likeness (QED) is 0.799. The Kier molecular flexibility index (Phi) is 2.28. The second-order valence-electron chi connectivity index (χ2n) is 4.91. The maximum Gasteiger partial charge on any atom is 0.0658 e. The van der Waals surface area contributed by atoms with Crippen molar-refractivity contribution in [3.05, 3.63) is 17.5 Å². The minimum Gasteiger partial charge on any atom is -0.330 e. The van der Waals surface area contributed by atoms with E-state index in [-0.39, 0.29) is 0 Å². The summed E-state index contributed by atoms with van der Waals surface area (Å²) in [7, 11) is 0. The molecular weight excluding hydrogens is 186 g/mol. The van der Waals surface area contributed by atoms with Gasteiger partial charge in [0.15, 0.2) is 0 Å². The number of nitrogens with two attached hydrogens (primary N) is 1. The maximum absolute atomic E-state index is 5.56. The van der Waals surface area contributed by atoms with Crippen molar-refractivity contribution in [3.8, 4) is 0 Å². The predicted molar refractivity (Wildman–Crippen MR) is 59.8 cm³/mol. The third-order valence-corrected chi connectivity index (χ3v) is 3.40. The molecule has 0 bridgehead atoms. The lowest BCUT2D eigenvalue weighted by Crippen LogP contribution is -2.09. The smallest absolute Gasteiger partial charge is 0.0658 e. The Bertz CT molecular complexity index is 348. The van der Waals surface area contributed by atoms with E-state index >= 15 is 0 Å². The number of aryl methyl sites for hydroxylation is 1. The molecule has 0 radical (unpaired) electrons. The zero-order chi connectivity index (χ0) is 10.3. The molecule has 2 aliphatic carbocycles. The summed E-state index contributed by atoms with van der Waals surface area (Å²) in [5.41, 5.74) is 8.37. The van der Waals surface area contributed by atoms with Crippen LogP contribution in [-0.4, -0.2) is 16.3 Å². The molecule has 1 aromatic heterocycles. The fourth-order valence-corrected chi connectivity index (χ4v) is 2.16. The van der Waals surface area contributed by atoms with Crippen LogP contribution in [-0.2, 0) is 6.54 Å². The van der Waals surface area contributed by atoms with Crippen molar-refractivity contribution in [1.29, 1.82) is 0 Å². The zero-order valence-electron chi connectivity index (χ0n) is 9.15. The lowest BCUT2D eigenvalue weighted by atomic mass is 10.2. The lowest BCUT2D eigenvalue weighted by molar-refractivity contribution is 0.555. The molecule has 0 aromatic carbocycles. The summed E-state index contributed by atoms with van der Waals surface area (Å²) in [6.07, 6.45) is 6.46. The van der Waals surface area contributed by atoms with E-state index < -0.39 is 0 Å². The second-order valence-corrected chi connectivity index (χ2v) is 4.91. The van der Waals surface area contributed by atoms with Crippen molar-refractivity contribution >= 4 is 0 Å². The average molecular weight is 205 g/mol. The van der Waals surface area contributed by atoms with Crippen molar-refractivity contribution in [2.75, 3.05) is 6.54 Å². The largest absolute Gasteiger partial charge is 0.330 e. The summed E-state index contributed by atoms with van der Waals surface area (Å²) >= 11 is 0. The van der Waals surface area contributed by atoms with Gasteiger partial charge in [-0.3, -0.25) is 4.68 Å². The van der Waals surface area contributed by atoms with Gasteiger partial charge < -0.3 is 5.73 Å². The van der Waals surface area contributed by atoms with Crippen molar-refractivity contribution in [3.63, 3.8) is 0 Å². The van der Waals surface area contributed by atoms with Crippen molar-refractivity contribution in [2.24, 2.45) is 5.73 Å². The van der Waals surface area contributed by atoms with Gasteiger partial charge in [-0.2, -0.15) is 5.10 Å². The van der Waals surface area contributed by atoms with Crippen molar-refractivity contribution in [2.45, 2.75) is 50.5 Å². The summed E-state index contributed by atoms with van der Waals surface area (Å²) in [6.45, 7) is 1.78. The van der Waals surface area contributed by atoms with Gasteiger partial charge in [0, 0.05) is 24.1 Å². The minimum absolute atomic E-state index is 0.767. The lowest BCUT2D eigenvalue weighted by Gasteiger charge is -2.04. The van der Waals surface area contributed by atoms with Gasteiger partial charge in [0.05, 0.1) is 5.69 Å². The summed E-state index contributed by atoms with van der Waals surface area (Å²) in [4.78, 5) is 0. The van der Waals surface area contributed by atoms with Crippen LogP contribution in [0.2, 0.25) is 0 Å². The van der Waals surface area contributed by atoms with Crippen LogP contribution in [0.4, 0.5) is 0 Å². The van der Waals surface area contributed by atoms with Crippen LogP contribution in [0.3, 0.4) is 0 Å². The zero-order valence-corrected chi connectivity index (χ0v) is 9.15. The first-order valence-corrected chi connectivity index (χ1v) is 6.16. The van der Waals surface area contributed by atoms with Crippen LogP contribution in [0.1, 0.15) is 55.3 Å². The van der Waals surface area contributed by atoms with Gasteiger partial charge in [-0.05, 0) is 44.7 Å². The molecule has 3 heteroatoms. The van der Waals surface area contributed by atoms with Gasteiger partial charge in [-0.15, -0.1) is 0 Å². The van der Waals surface area contributed by atoms with Crippen LogP contribution in [0.15, 0.2) is 6.07 Å². The number of rotatable bonds is 5. The Labute approximate surface area is 90.7 Å². The second kappa shape index (κ2) is 3.63. The molecule has 2 saturated carbocycles. The number of hydrogen-bond donors (Lipinski definition) is 1. The number of nitrogens with zero attached hydrogens (tertiary/aromatic N) is 2. The average Bonchev–Trinajstić information content (AvgIpc) is 3.12. The van der Waals surface area contributed by atoms with E-state index in [2.05, 4.69) is 10.7 Å². The predicted octanol–water partition coefficient (Wildman–Crippen LogP) is 1.99. The molecule has 82 valence electrons. The van der Waals surface area contributed by atoms with Crippen LogP contribution in [0.5, 0.6) is 0 Å². The van der Waals surface area contributed by atoms with Crippen LogP contribution >= 0.6 is 0 Å². The van der Waals surface area contributed by atoms with Gasteiger partial charge in [0.2, 0.25) is 0 Å². The summed E-state index contributed by atoms with van der Waals surface area (Å²) in [6, 6.07) is 2.35. The van der Waals surface area contributed by atoms with Gasteiger partial charge in [-0.25, -0.2) is 0 Å². The van der Waals surface area contributed by atoms with E-state index in [1.165, 1.54) is 37.1 Å². The summed E-state index contributed by atoms with van der Waals surface area (Å²) < 4.78 is 2.22. The van der Waals surface area contributed by atoms with Crippen molar-refractivity contribution in [1.82, 2.24) is 9.78 Å². The molecule has 0 spiro atoms. The highest BCUT2D eigenvalue weighted by molar-refractivity contribution is 5.24. The van der Waals surface area contributed by atoms with E-state index in [9.17, 15) is 0 Å². The molecule has 2 fully saturated rings. The molecule has 0 aliphatic heterocycles. The molecular formula is C12H19N3. The monoisotopic (exact) mass is 205 g/mol. The van der Waals surface area contributed by atoms with Crippen LogP contribution < -0.4 is 5.73 Å². The Morgan fingerprint density at radius 2 is 2.00 bits per heavy atom. The normalized spacial score (nSPS) is 20.9. The Balaban J connectivity index is 1.81. The Hall–Kier alpha value is -0.830. The molecule has 1 heterocycles. The highest BCUT2D eigenvalue weighted by Crippen LogP contribution is 2.44. The number of aromatic nitrogens is 2. The van der Waals surface area contributed by atoms with Gasteiger partial charge in [-0.1, -0.05) is 0 Å². The molecule has 0 unspecified atom stereocenters. The van der Waals surface area contributed by atoms with Gasteiger partial charge >= 0.3 is 0 Å². The van der Waals surface area contributed by atoms with E-state index in [4.69, 9.17) is 10.8 Å². The summed E-state index contributed by atoms with van der Waals surface area (Å²) in [5, 5.41) is 4.73. The standard InChI is InChI=1S/C12H19N3/c13-6-1-7-15-12(10-4-5-10)8-11(14-15)9-2-3-9/h8-10H,1-7,13H2. The molecule has 2 aliphatic rings. The number of hydrogen-bond acceptors (Lipinski definition) is 2. The maximum atomic E-state index is 5.56. The molecule has 1 aromatic rings. The minimum atomic E-state index is 0.767. The van der Waals surface area contributed by atoms with E-state index in [1.807, 2.05) is 0 Å². The van der Waals surface area contributed by atoms with Crippen LogP contribution in [0, 0.1) is 0 Å². The Morgan fingerprint density at radius 1 is 1.27 bits per heavy atom. The van der Waals surface area contributed by atoms with E-state index in [0.29, 0.717) is 0 Å². The first-order valence-electron chi connectivity index (χ1n) is 6.16. The van der Waals surface area contributed by atoms with Gasteiger partial charge in [0.1, 0.15) is 0 Å². The van der Waals surface area contributed by atoms with Crippen molar-refractivity contribution < 1.29 is 0 Å². The molecule has 0 amide bonds. The first kappa shape index (κ1) is 9.40. The first-order chi connectivity index (χ1) is 7.38. The van der Waals surface area contributed by atoms with E-state index in [0.717, 1.165) is 31.3 Å². The summed E-state index contributed by atoms with van der Waals surface area (Å²) in [5.74, 6) is 1.59. The highest BCUT2D eigenvalue weighted by Gasteiger charge is 2.32. The fourth-order valence-electron chi connectivity index (χ4n) is 2.16. The molecule has 2 N–H and O–H groups in total. The van der Waals surface area contributed by atoms with E-state index in [1.54, 1.807) is 0 Å². The topological polar surface area (TPSA) is 43.8 Å². The molecule has 0 atom stereocenters. The fraction of sp³-hybridized carbons (Fsp3) is 0.750. The Morgan fingerprint density at radius 3 is 2.60 bits per heavy atom. The molecule has 3 rings (SSSR count). The van der Waals surface area contributed by atoms with Crippen LogP contribution in [0.25, 0.3) is 0 Å². The van der Waals surface area contributed by atoms with Gasteiger partial charge in [0.25, 0.3) is 0 Å². The molecule has 0 saturated heterocycles. The third kappa shape index (κ3) is 1.93. The highest BCUT2D eigenvalue weighted by atomic mass is 15.3. The molecule has 15 heavy (non-hydrogen) atoms. The third-order valence-electron chi connectivity index (χ3n) is 3.40. The SMILES string of the molecule is NCCCn1nc(C2CC2)cc1C1CC1.